The number of benzene rings is 2. The first-order chi connectivity index (χ1) is 13.1. The van der Waals surface area contributed by atoms with Crippen molar-refractivity contribution in [2.24, 2.45) is 5.14 Å². The molecule has 0 aliphatic heterocycles. The largest absolute Gasteiger partial charge is 0.326 e. The number of halogens is 1. The molecule has 7 nitrogen and oxygen atoms in total. The average Bonchev–Trinajstić information content (AvgIpc) is 2.94. The molecule has 1 heterocycles. The molecule has 0 saturated heterocycles. The van der Waals surface area contributed by atoms with E-state index in [-0.39, 0.29) is 17.2 Å². The molecule has 146 valence electrons. The fraction of sp³-hybridized carbons (Fsp3) is 0.158. The van der Waals surface area contributed by atoms with Crippen molar-refractivity contribution < 1.29 is 13.2 Å². The standard InChI is InChI=1S/C19H19ClN4O3S/c1-12-11-24(13(2)22-12)17-8-7-15(10-18(17)28(21,26)27)23-19(25)9-14-5-3-4-6-16(14)20/h3-8,10-11H,9H2,1-2H3,(H,23,25)(H2,21,26,27). The van der Waals surface area contributed by atoms with Crippen molar-refractivity contribution in [3.63, 3.8) is 0 Å². The molecule has 0 fully saturated rings. The summed E-state index contributed by atoms with van der Waals surface area (Å²) in [6.07, 6.45) is 1.78. The first-order valence-corrected chi connectivity index (χ1v) is 10.3. The minimum atomic E-state index is -4.03. The lowest BCUT2D eigenvalue weighted by atomic mass is 10.1. The van der Waals surface area contributed by atoms with Crippen molar-refractivity contribution in [3.05, 3.63) is 70.8 Å². The van der Waals surface area contributed by atoms with Crippen LogP contribution in [0.5, 0.6) is 0 Å². The molecule has 0 aliphatic carbocycles. The normalized spacial score (nSPS) is 11.4. The van der Waals surface area contributed by atoms with Crippen LogP contribution in [0.1, 0.15) is 17.1 Å². The van der Waals surface area contributed by atoms with Crippen molar-refractivity contribution in [1.29, 1.82) is 0 Å². The predicted octanol–water partition coefficient (Wildman–Crippen LogP) is 2.97. The molecule has 0 spiro atoms. The Morgan fingerprint density at radius 2 is 1.93 bits per heavy atom. The Morgan fingerprint density at radius 3 is 2.54 bits per heavy atom. The van der Waals surface area contributed by atoms with Crippen LogP contribution in [0.4, 0.5) is 5.69 Å². The smallest absolute Gasteiger partial charge is 0.240 e. The molecule has 0 unspecified atom stereocenters. The lowest BCUT2D eigenvalue weighted by Gasteiger charge is -2.13. The molecule has 1 amide bonds. The van der Waals surface area contributed by atoms with Gasteiger partial charge in [0.25, 0.3) is 0 Å². The van der Waals surface area contributed by atoms with Gasteiger partial charge in [-0.2, -0.15) is 0 Å². The molecule has 3 aromatic rings. The van der Waals surface area contributed by atoms with Gasteiger partial charge in [0.1, 0.15) is 10.7 Å². The van der Waals surface area contributed by atoms with Crippen LogP contribution in [0.2, 0.25) is 5.02 Å². The van der Waals surface area contributed by atoms with Crippen LogP contribution in [-0.4, -0.2) is 23.9 Å². The number of hydrogen-bond donors (Lipinski definition) is 2. The third-order valence-corrected chi connectivity index (χ3v) is 5.43. The third kappa shape index (κ3) is 4.41. The summed E-state index contributed by atoms with van der Waals surface area (Å²) >= 11 is 6.08. The Bertz CT molecular complexity index is 1160. The number of nitrogens with one attached hydrogen (secondary N) is 1. The molecule has 0 radical (unpaired) electrons. The zero-order valence-electron chi connectivity index (χ0n) is 15.3. The highest BCUT2D eigenvalue weighted by molar-refractivity contribution is 7.89. The fourth-order valence-electron chi connectivity index (χ4n) is 2.90. The van der Waals surface area contributed by atoms with Crippen LogP contribution in [0.3, 0.4) is 0 Å². The third-order valence-electron chi connectivity index (χ3n) is 4.12. The van der Waals surface area contributed by atoms with Gasteiger partial charge in [-0.05, 0) is 43.7 Å². The second-order valence-corrected chi connectivity index (χ2v) is 8.28. The minimum Gasteiger partial charge on any atom is -0.326 e. The van der Waals surface area contributed by atoms with Crippen molar-refractivity contribution in [1.82, 2.24) is 9.55 Å². The van der Waals surface area contributed by atoms with Gasteiger partial charge in [-0.3, -0.25) is 4.79 Å². The van der Waals surface area contributed by atoms with E-state index >= 15 is 0 Å². The first kappa shape index (κ1) is 20.1. The molecule has 0 aliphatic rings. The van der Waals surface area contributed by atoms with Crippen molar-refractivity contribution in [2.75, 3.05) is 5.32 Å². The molecule has 0 bridgehead atoms. The number of carbonyl (C=O) groups is 1. The van der Waals surface area contributed by atoms with E-state index < -0.39 is 10.0 Å². The summed E-state index contributed by atoms with van der Waals surface area (Å²) in [7, 11) is -4.03. The van der Waals surface area contributed by atoms with Crippen LogP contribution in [0.25, 0.3) is 5.69 Å². The van der Waals surface area contributed by atoms with Gasteiger partial charge in [0.15, 0.2) is 0 Å². The topological polar surface area (TPSA) is 107 Å². The Morgan fingerprint density at radius 1 is 1.21 bits per heavy atom. The summed E-state index contributed by atoms with van der Waals surface area (Å²) in [5.41, 5.74) is 2.11. The van der Waals surface area contributed by atoms with E-state index in [1.165, 1.54) is 6.07 Å². The number of nitrogens with zero attached hydrogens (tertiary/aromatic N) is 2. The number of anilines is 1. The zero-order chi connectivity index (χ0) is 20.5. The molecule has 2 aromatic carbocycles. The number of primary sulfonamides is 1. The number of carbonyl (C=O) groups excluding carboxylic acids is 1. The number of imidazole rings is 1. The lowest BCUT2D eigenvalue weighted by molar-refractivity contribution is -0.115. The number of aryl methyl sites for hydroxylation is 2. The highest BCUT2D eigenvalue weighted by Crippen LogP contribution is 2.25. The van der Waals surface area contributed by atoms with Crippen LogP contribution in [-0.2, 0) is 21.2 Å². The van der Waals surface area contributed by atoms with Gasteiger partial charge in [-0.1, -0.05) is 29.8 Å². The van der Waals surface area contributed by atoms with E-state index in [0.717, 1.165) is 5.69 Å². The molecule has 3 N–H and O–H groups in total. The van der Waals surface area contributed by atoms with Gasteiger partial charge in [0.05, 0.1) is 17.8 Å². The first-order valence-electron chi connectivity index (χ1n) is 8.38. The summed E-state index contributed by atoms with van der Waals surface area (Å²) < 4.78 is 25.9. The van der Waals surface area contributed by atoms with Gasteiger partial charge < -0.3 is 9.88 Å². The monoisotopic (exact) mass is 418 g/mol. The van der Waals surface area contributed by atoms with Crippen LogP contribution < -0.4 is 10.5 Å². The van der Waals surface area contributed by atoms with Gasteiger partial charge in [-0.15, -0.1) is 0 Å². The fourth-order valence-corrected chi connectivity index (χ4v) is 3.85. The van der Waals surface area contributed by atoms with Gasteiger partial charge in [0, 0.05) is 16.9 Å². The zero-order valence-corrected chi connectivity index (χ0v) is 16.9. The molecule has 0 saturated carbocycles. The average molecular weight is 419 g/mol. The SMILES string of the molecule is Cc1cn(-c2ccc(NC(=O)Cc3ccccc3Cl)cc2S(N)(=O)=O)c(C)n1. The van der Waals surface area contributed by atoms with E-state index in [2.05, 4.69) is 10.3 Å². The van der Waals surface area contributed by atoms with E-state index in [1.807, 2.05) is 6.92 Å². The summed E-state index contributed by atoms with van der Waals surface area (Å²) in [5, 5.41) is 8.58. The quantitative estimate of drug-likeness (QED) is 0.664. The summed E-state index contributed by atoms with van der Waals surface area (Å²) in [4.78, 5) is 16.5. The maximum atomic E-state index is 12.3. The Labute approximate surface area is 168 Å². The Hall–Kier alpha value is -2.68. The highest BCUT2D eigenvalue weighted by atomic mass is 35.5. The Kier molecular flexibility index (Phi) is 5.55. The van der Waals surface area contributed by atoms with Crippen LogP contribution >= 0.6 is 11.6 Å². The molecule has 28 heavy (non-hydrogen) atoms. The van der Waals surface area contributed by atoms with Crippen LogP contribution in [0, 0.1) is 13.8 Å². The summed E-state index contributed by atoms with van der Waals surface area (Å²) in [6, 6.07) is 11.6. The Balaban J connectivity index is 1.92. The lowest BCUT2D eigenvalue weighted by Crippen LogP contribution is -2.18. The molecule has 1 aromatic heterocycles. The van der Waals surface area contributed by atoms with Gasteiger partial charge in [0.2, 0.25) is 15.9 Å². The van der Waals surface area contributed by atoms with Crippen molar-refractivity contribution in [2.45, 2.75) is 25.2 Å². The number of sulfonamides is 1. The maximum Gasteiger partial charge on any atom is 0.240 e. The number of nitrogens with two attached hydrogens (primary N) is 1. The second-order valence-electron chi connectivity index (χ2n) is 6.34. The van der Waals surface area contributed by atoms with E-state index in [0.29, 0.717) is 27.8 Å². The van der Waals surface area contributed by atoms with Gasteiger partial charge in [-0.25, -0.2) is 18.5 Å². The molecule has 9 heteroatoms. The number of aromatic nitrogens is 2. The number of amides is 1. The molecular formula is C19H19ClN4O3S. The number of rotatable bonds is 5. The van der Waals surface area contributed by atoms with E-state index in [1.54, 1.807) is 54.1 Å². The van der Waals surface area contributed by atoms with Gasteiger partial charge >= 0.3 is 0 Å². The van der Waals surface area contributed by atoms with Crippen molar-refractivity contribution >= 4 is 33.2 Å². The molecule has 0 atom stereocenters. The minimum absolute atomic E-state index is 0.0615. The molecule has 3 rings (SSSR count). The van der Waals surface area contributed by atoms with Crippen molar-refractivity contribution in [3.8, 4) is 5.69 Å². The summed E-state index contributed by atoms with van der Waals surface area (Å²) in [5.74, 6) is 0.300. The summed E-state index contributed by atoms with van der Waals surface area (Å²) in [6.45, 7) is 3.57. The molecular weight excluding hydrogens is 400 g/mol. The maximum absolute atomic E-state index is 12.3. The van der Waals surface area contributed by atoms with Crippen LogP contribution in [0.15, 0.2) is 53.6 Å². The van der Waals surface area contributed by atoms with E-state index in [4.69, 9.17) is 16.7 Å². The number of hydrogen-bond acceptors (Lipinski definition) is 4. The second kappa shape index (κ2) is 7.75. The predicted molar refractivity (Wildman–Crippen MR) is 108 cm³/mol. The highest BCUT2D eigenvalue weighted by Gasteiger charge is 2.19. The van der Waals surface area contributed by atoms with E-state index in [9.17, 15) is 13.2 Å².